The zero-order chi connectivity index (χ0) is 13.4. The predicted octanol–water partition coefficient (Wildman–Crippen LogP) is 1.35. The van der Waals surface area contributed by atoms with Crippen LogP contribution in [0.1, 0.15) is 23.2 Å². The van der Waals surface area contributed by atoms with Gasteiger partial charge in [0.2, 0.25) is 0 Å². The van der Waals surface area contributed by atoms with Crippen molar-refractivity contribution >= 4 is 22.5 Å². The van der Waals surface area contributed by atoms with Crippen molar-refractivity contribution in [2.24, 2.45) is 0 Å². The van der Waals surface area contributed by atoms with E-state index in [9.17, 15) is 9.90 Å². The largest absolute Gasteiger partial charge is 0.399 e. The second kappa shape index (κ2) is 4.59. The molecule has 3 rings (SSSR count). The van der Waals surface area contributed by atoms with Gasteiger partial charge < -0.3 is 20.7 Å². The summed E-state index contributed by atoms with van der Waals surface area (Å²) in [4.78, 5) is 17.4. The van der Waals surface area contributed by atoms with Crippen molar-refractivity contribution in [1.82, 2.24) is 9.88 Å². The second-order valence-electron chi connectivity index (χ2n) is 4.98. The molecule has 2 aromatic rings. The number of rotatable bonds is 2. The molecule has 0 bridgehead atoms. The Kier molecular flexibility index (Phi) is 2.91. The number of aromatic nitrogens is 1. The summed E-state index contributed by atoms with van der Waals surface area (Å²) >= 11 is 0. The van der Waals surface area contributed by atoms with E-state index in [0.29, 0.717) is 17.8 Å². The molecule has 1 aliphatic heterocycles. The highest BCUT2D eigenvalue weighted by atomic mass is 16.3. The summed E-state index contributed by atoms with van der Waals surface area (Å²) < 4.78 is 0. The molecule has 0 spiro atoms. The van der Waals surface area contributed by atoms with Crippen LogP contribution in [-0.2, 0) is 0 Å². The molecule has 1 fully saturated rings. The van der Waals surface area contributed by atoms with Crippen LogP contribution in [0.5, 0.6) is 0 Å². The molecular formula is C14H17N3O2. The number of nitrogens with zero attached hydrogens (tertiary/aromatic N) is 1. The fourth-order valence-electron chi connectivity index (χ4n) is 2.77. The Morgan fingerprint density at radius 2 is 2.37 bits per heavy atom. The second-order valence-corrected chi connectivity index (χ2v) is 4.98. The highest BCUT2D eigenvalue weighted by molar-refractivity contribution is 6.07. The predicted molar refractivity (Wildman–Crippen MR) is 73.9 cm³/mol. The number of aromatic amines is 1. The van der Waals surface area contributed by atoms with Crippen LogP contribution in [0.25, 0.3) is 10.9 Å². The lowest BCUT2D eigenvalue weighted by Crippen LogP contribution is -2.37. The number of anilines is 1. The average Bonchev–Trinajstić information content (AvgIpc) is 3.03. The number of nitrogens with two attached hydrogens (primary N) is 1. The monoisotopic (exact) mass is 259 g/mol. The molecule has 1 amide bonds. The molecule has 1 saturated heterocycles. The van der Waals surface area contributed by atoms with Gasteiger partial charge in [-0.25, -0.2) is 0 Å². The van der Waals surface area contributed by atoms with Crippen LogP contribution in [0.3, 0.4) is 0 Å². The van der Waals surface area contributed by atoms with Crippen LogP contribution in [0.4, 0.5) is 5.69 Å². The van der Waals surface area contributed by atoms with Gasteiger partial charge in [0, 0.05) is 29.3 Å². The van der Waals surface area contributed by atoms with E-state index in [1.807, 2.05) is 12.1 Å². The number of amides is 1. The number of nitrogen functional groups attached to an aromatic ring is 1. The van der Waals surface area contributed by atoms with E-state index in [2.05, 4.69) is 4.98 Å². The van der Waals surface area contributed by atoms with Crippen molar-refractivity contribution < 1.29 is 9.90 Å². The van der Waals surface area contributed by atoms with E-state index in [0.717, 1.165) is 23.7 Å². The summed E-state index contributed by atoms with van der Waals surface area (Å²) in [6.07, 6.45) is 3.54. The van der Waals surface area contributed by atoms with E-state index in [-0.39, 0.29) is 18.6 Å². The number of aliphatic hydroxyl groups excluding tert-OH is 1. The summed E-state index contributed by atoms with van der Waals surface area (Å²) in [5.41, 5.74) is 7.91. The lowest BCUT2D eigenvalue weighted by Gasteiger charge is -2.22. The SMILES string of the molecule is Nc1ccc2c(C(=O)N3CCCC3CO)c[nH]c2c1. The molecule has 1 aliphatic rings. The van der Waals surface area contributed by atoms with Crippen molar-refractivity contribution in [2.45, 2.75) is 18.9 Å². The molecule has 1 aromatic heterocycles. The number of nitrogens with one attached hydrogen (secondary N) is 1. The van der Waals surface area contributed by atoms with Gasteiger partial charge >= 0.3 is 0 Å². The Labute approximate surface area is 111 Å². The minimum Gasteiger partial charge on any atom is -0.399 e. The van der Waals surface area contributed by atoms with Crippen molar-refractivity contribution in [1.29, 1.82) is 0 Å². The van der Waals surface area contributed by atoms with E-state index in [1.165, 1.54) is 0 Å². The van der Waals surface area contributed by atoms with Crippen LogP contribution in [0.15, 0.2) is 24.4 Å². The molecule has 2 heterocycles. The van der Waals surface area contributed by atoms with Crippen molar-refractivity contribution in [3.63, 3.8) is 0 Å². The molecule has 19 heavy (non-hydrogen) atoms. The first kappa shape index (κ1) is 12.0. The van der Waals surface area contributed by atoms with Crippen LogP contribution >= 0.6 is 0 Å². The van der Waals surface area contributed by atoms with E-state index in [1.54, 1.807) is 17.2 Å². The maximum Gasteiger partial charge on any atom is 0.256 e. The molecule has 5 heteroatoms. The first-order chi connectivity index (χ1) is 9.20. The minimum absolute atomic E-state index is 0.0208. The quantitative estimate of drug-likeness (QED) is 0.712. The van der Waals surface area contributed by atoms with Crippen LogP contribution in [0, 0.1) is 0 Å². The fraction of sp³-hybridized carbons (Fsp3) is 0.357. The van der Waals surface area contributed by atoms with Gasteiger partial charge in [0.15, 0.2) is 0 Å². The lowest BCUT2D eigenvalue weighted by molar-refractivity contribution is 0.0679. The topological polar surface area (TPSA) is 82.3 Å². The third kappa shape index (κ3) is 1.96. The van der Waals surface area contributed by atoms with Gasteiger partial charge in [-0.15, -0.1) is 0 Å². The number of hydrogen-bond donors (Lipinski definition) is 3. The Bertz CT molecular complexity index is 620. The molecular weight excluding hydrogens is 242 g/mol. The maximum absolute atomic E-state index is 12.5. The molecule has 1 aromatic carbocycles. The van der Waals surface area contributed by atoms with Crippen molar-refractivity contribution in [3.05, 3.63) is 30.0 Å². The van der Waals surface area contributed by atoms with Gasteiger partial charge in [-0.1, -0.05) is 0 Å². The van der Waals surface area contributed by atoms with Crippen molar-refractivity contribution in [3.8, 4) is 0 Å². The summed E-state index contributed by atoms with van der Waals surface area (Å²) in [6.45, 7) is 0.743. The van der Waals surface area contributed by atoms with Crippen LogP contribution in [-0.4, -0.2) is 40.1 Å². The zero-order valence-corrected chi connectivity index (χ0v) is 10.6. The highest BCUT2D eigenvalue weighted by Crippen LogP contribution is 2.25. The fourth-order valence-corrected chi connectivity index (χ4v) is 2.77. The van der Waals surface area contributed by atoms with E-state index in [4.69, 9.17) is 5.73 Å². The number of likely N-dealkylation sites (tertiary alicyclic amines) is 1. The molecule has 0 radical (unpaired) electrons. The summed E-state index contributed by atoms with van der Waals surface area (Å²) in [5.74, 6) is -0.0208. The summed E-state index contributed by atoms with van der Waals surface area (Å²) in [6, 6.07) is 5.42. The number of hydrogen-bond acceptors (Lipinski definition) is 3. The molecule has 1 atom stereocenters. The molecule has 0 aliphatic carbocycles. The Balaban J connectivity index is 1.98. The van der Waals surface area contributed by atoms with Gasteiger partial charge in [-0.05, 0) is 31.0 Å². The van der Waals surface area contributed by atoms with Gasteiger partial charge in [0.1, 0.15) is 0 Å². The number of H-pyrrole nitrogens is 1. The standard InChI is InChI=1S/C14H17N3O2/c15-9-3-4-11-12(7-16-13(11)6-9)14(19)17-5-1-2-10(17)8-18/h3-4,6-7,10,16,18H,1-2,5,8,15H2. The first-order valence-electron chi connectivity index (χ1n) is 6.49. The summed E-state index contributed by atoms with van der Waals surface area (Å²) in [5, 5.41) is 10.2. The highest BCUT2D eigenvalue weighted by Gasteiger charge is 2.29. The number of benzene rings is 1. The zero-order valence-electron chi connectivity index (χ0n) is 10.6. The average molecular weight is 259 g/mol. The number of carbonyl (C=O) groups is 1. The smallest absolute Gasteiger partial charge is 0.256 e. The summed E-state index contributed by atoms with van der Waals surface area (Å²) in [7, 11) is 0. The number of carbonyl (C=O) groups excluding carboxylic acids is 1. The minimum atomic E-state index is -0.0498. The number of fused-ring (bicyclic) bond motifs is 1. The van der Waals surface area contributed by atoms with Crippen LogP contribution in [0.2, 0.25) is 0 Å². The Morgan fingerprint density at radius 1 is 1.53 bits per heavy atom. The van der Waals surface area contributed by atoms with Gasteiger partial charge in [-0.2, -0.15) is 0 Å². The van der Waals surface area contributed by atoms with Gasteiger partial charge in [0.25, 0.3) is 5.91 Å². The first-order valence-corrected chi connectivity index (χ1v) is 6.49. The number of aliphatic hydroxyl groups is 1. The molecule has 5 nitrogen and oxygen atoms in total. The maximum atomic E-state index is 12.5. The molecule has 100 valence electrons. The molecule has 0 saturated carbocycles. The lowest BCUT2D eigenvalue weighted by atomic mass is 10.1. The van der Waals surface area contributed by atoms with E-state index < -0.39 is 0 Å². The Hall–Kier alpha value is -2.01. The van der Waals surface area contributed by atoms with Crippen LogP contribution < -0.4 is 5.73 Å². The van der Waals surface area contributed by atoms with Gasteiger partial charge in [0.05, 0.1) is 18.2 Å². The Morgan fingerprint density at radius 3 is 3.16 bits per heavy atom. The third-order valence-electron chi connectivity index (χ3n) is 3.78. The molecule has 4 N–H and O–H groups in total. The molecule has 1 unspecified atom stereocenters. The normalized spacial score (nSPS) is 19.2. The third-order valence-corrected chi connectivity index (χ3v) is 3.78. The van der Waals surface area contributed by atoms with E-state index >= 15 is 0 Å². The van der Waals surface area contributed by atoms with Gasteiger partial charge in [-0.3, -0.25) is 4.79 Å². The van der Waals surface area contributed by atoms with Crippen molar-refractivity contribution in [2.75, 3.05) is 18.9 Å².